The summed E-state index contributed by atoms with van der Waals surface area (Å²) in [6.07, 6.45) is -0.503. The van der Waals surface area contributed by atoms with Crippen LogP contribution in [0.3, 0.4) is 0 Å². The molecule has 0 aromatic carbocycles. The molecule has 0 aliphatic heterocycles. The van der Waals surface area contributed by atoms with Crippen molar-refractivity contribution in [2.75, 3.05) is 10.7 Å². The fraction of sp³-hybridized carbons (Fsp3) is 0.600. The van der Waals surface area contributed by atoms with Gasteiger partial charge in [0.15, 0.2) is 0 Å². The van der Waals surface area contributed by atoms with Gasteiger partial charge in [0.25, 0.3) is 0 Å². The third-order valence-electron chi connectivity index (χ3n) is 2.48. The van der Waals surface area contributed by atoms with Crippen molar-refractivity contribution in [2.45, 2.75) is 39.3 Å². The first-order valence-corrected chi connectivity index (χ1v) is 5.13. The molecule has 90 valence electrons. The summed E-state index contributed by atoms with van der Waals surface area (Å²) in [5.41, 5.74) is 2.00. The Kier molecular flexibility index (Phi) is 3.66. The lowest BCUT2D eigenvalue weighted by atomic mass is 9.99. The van der Waals surface area contributed by atoms with Gasteiger partial charge in [-0.25, -0.2) is 15.8 Å². The van der Waals surface area contributed by atoms with Gasteiger partial charge in [0.1, 0.15) is 17.5 Å². The van der Waals surface area contributed by atoms with Crippen LogP contribution in [-0.2, 0) is 0 Å². The topological polar surface area (TPSA) is 96.1 Å². The molecule has 0 bridgehead atoms. The number of aromatic nitrogens is 2. The molecule has 5 N–H and O–H groups in total. The largest absolute Gasteiger partial charge is 0.391 e. The molecular weight excluding hydrogens is 206 g/mol. The van der Waals surface area contributed by atoms with Gasteiger partial charge in [-0.3, -0.25) is 0 Å². The Morgan fingerprint density at radius 1 is 1.38 bits per heavy atom. The van der Waals surface area contributed by atoms with E-state index in [0.717, 1.165) is 0 Å². The van der Waals surface area contributed by atoms with E-state index < -0.39 is 11.6 Å². The number of hydrogen-bond donors (Lipinski definition) is 4. The number of aliphatic hydroxyl groups excluding tert-OH is 1. The predicted octanol–water partition coefficient (Wildman–Crippen LogP) is 0.642. The summed E-state index contributed by atoms with van der Waals surface area (Å²) in [4.78, 5) is 8.30. The Morgan fingerprint density at radius 3 is 2.44 bits per heavy atom. The number of nitrogens with one attached hydrogen (secondary N) is 2. The number of anilines is 2. The van der Waals surface area contributed by atoms with Crippen LogP contribution in [0.2, 0.25) is 0 Å². The smallest absolute Gasteiger partial charge is 0.145 e. The van der Waals surface area contributed by atoms with Gasteiger partial charge in [0, 0.05) is 6.07 Å². The Hall–Kier alpha value is -1.40. The maximum Gasteiger partial charge on any atom is 0.145 e. The van der Waals surface area contributed by atoms with Crippen LogP contribution in [0.1, 0.15) is 26.6 Å². The van der Waals surface area contributed by atoms with Crippen LogP contribution in [0.4, 0.5) is 11.6 Å². The van der Waals surface area contributed by atoms with Crippen molar-refractivity contribution in [3.8, 4) is 0 Å². The number of aryl methyl sites for hydroxylation is 1. The maximum absolute atomic E-state index is 9.59. The minimum atomic E-state index is -0.503. The molecule has 0 radical (unpaired) electrons. The van der Waals surface area contributed by atoms with E-state index in [0.29, 0.717) is 17.5 Å². The van der Waals surface area contributed by atoms with Crippen LogP contribution < -0.4 is 16.6 Å². The second kappa shape index (κ2) is 4.63. The van der Waals surface area contributed by atoms with E-state index in [1.165, 1.54) is 0 Å². The van der Waals surface area contributed by atoms with Crippen molar-refractivity contribution < 1.29 is 5.11 Å². The second-order valence-corrected chi connectivity index (χ2v) is 4.35. The van der Waals surface area contributed by atoms with E-state index in [9.17, 15) is 5.11 Å². The highest BCUT2D eigenvalue weighted by Crippen LogP contribution is 2.18. The van der Waals surface area contributed by atoms with E-state index in [-0.39, 0.29) is 0 Å². The van der Waals surface area contributed by atoms with Crippen LogP contribution in [0.25, 0.3) is 0 Å². The summed E-state index contributed by atoms with van der Waals surface area (Å²) in [7, 11) is 0. The highest BCUT2D eigenvalue weighted by atomic mass is 16.3. The van der Waals surface area contributed by atoms with Gasteiger partial charge in [0.05, 0.1) is 11.6 Å². The molecule has 1 aromatic heterocycles. The average molecular weight is 225 g/mol. The Labute approximate surface area is 95.3 Å². The predicted molar refractivity (Wildman–Crippen MR) is 64.0 cm³/mol. The summed E-state index contributed by atoms with van der Waals surface area (Å²) in [6, 6.07) is 1.69. The van der Waals surface area contributed by atoms with Crippen molar-refractivity contribution in [3.05, 3.63) is 11.9 Å². The number of nitrogen functional groups attached to an aromatic ring is 1. The molecule has 0 fully saturated rings. The zero-order valence-electron chi connectivity index (χ0n) is 10.1. The molecule has 0 aliphatic rings. The molecule has 6 nitrogen and oxygen atoms in total. The molecule has 6 heteroatoms. The van der Waals surface area contributed by atoms with Crippen LogP contribution >= 0.6 is 0 Å². The van der Waals surface area contributed by atoms with Crippen LogP contribution in [0, 0.1) is 6.92 Å². The number of aliphatic hydroxyl groups is 1. The van der Waals surface area contributed by atoms with Crippen molar-refractivity contribution in [2.24, 2.45) is 5.84 Å². The first-order valence-electron chi connectivity index (χ1n) is 5.13. The molecule has 1 unspecified atom stereocenters. The molecule has 0 aliphatic carbocycles. The van der Waals surface area contributed by atoms with Gasteiger partial charge in [0.2, 0.25) is 0 Å². The summed E-state index contributed by atoms with van der Waals surface area (Å²) in [5, 5.41) is 12.7. The van der Waals surface area contributed by atoms with Crippen molar-refractivity contribution in [3.63, 3.8) is 0 Å². The summed E-state index contributed by atoms with van der Waals surface area (Å²) < 4.78 is 0. The van der Waals surface area contributed by atoms with E-state index in [1.54, 1.807) is 19.9 Å². The lowest BCUT2D eigenvalue weighted by molar-refractivity contribution is 0.133. The van der Waals surface area contributed by atoms with Gasteiger partial charge >= 0.3 is 0 Å². The lowest BCUT2D eigenvalue weighted by Crippen LogP contribution is -2.42. The number of hydrazine groups is 1. The van der Waals surface area contributed by atoms with Crippen LogP contribution in [0.5, 0.6) is 0 Å². The number of nitrogens with two attached hydrogens (primary N) is 1. The van der Waals surface area contributed by atoms with Gasteiger partial charge in [-0.2, -0.15) is 0 Å². The second-order valence-electron chi connectivity index (χ2n) is 4.35. The van der Waals surface area contributed by atoms with Gasteiger partial charge in [-0.05, 0) is 27.7 Å². The molecule has 0 amide bonds. The molecule has 1 rings (SSSR count). The highest BCUT2D eigenvalue weighted by molar-refractivity contribution is 5.48. The first kappa shape index (κ1) is 12.7. The fourth-order valence-corrected chi connectivity index (χ4v) is 1.14. The first-order chi connectivity index (χ1) is 7.35. The summed E-state index contributed by atoms with van der Waals surface area (Å²) >= 11 is 0. The van der Waals surface area contributed by atoms with Gasteiger partial charge in [-0.15, -0.1) is 0 Å². The van der Waals surface area contributed by atoms with Crippen molar-refractivity contribution >= 4 is 11.6 Å². The number of rotatable bonds is 4. The standard InChI is InChI=1S/C10H19N5O/c1-6(16)10(3,4)14-8-5-9(15-11)13-7(2)12-8/h5-6,16H,11H2,1-4H3,(H2,12,13,14,15). The molecule has 1 heterocycles. The zero-order chi connectivity index (χ0) is 12.3. The average Bonchev–Trinajstić information content (AvgIpc) is 2.15. The zero-order valence-corrected chi connectivity index (χ0v) is 10.1. The third kappa shape index (κ3) is 3.04. The number of hydrogen-bond acceptors (Lipinski definition) is 6. The van der Waals surface area contributed by atoms with Crippen molar-refractivity contribution in [1.29, 1.82) is 0 Å². The maximum atomic E-state index is 9.59. The molecule has 0 saturated carbocycles. The lowest BCUT2D eigenvalue weighted by Gasteiger charge is -2.30. The fourth-order valence-electron chi connectivity index (χ4n) is 1.14. The molecule has 1 aromatic rings. The van der Waals surface area contributed by atoms with E-state index >= 15 is 0 Å². The van der Waals surface area contributed by atoms with Crippen LogP contribution in [0.15, 0.2) is 6.07 Å². The van der Waals surface area contributed by atoms with Crippen LogP contribution in [-0.4, -0.2) is 26.7 Å². The van der Waals surface area contributed by atoms with E-state index in [2.05, 4.69) is 20.7 Å². The van der Waals surface area contributed by atoms with E-state index in [1.807, 2.05) is 13.8 Å². The summed E-state index contributed by atoms with van der Waals surface area (Å²) in [5.74, 6) is 7.07. The molecule has 0 spiro atoms. The molecule has 0 saturated heterocycles. The van der Waals surface area contributed by atoms with E-state index in [4.69, 9.17) is 5.84 Å². The Balaban J connectivity index is 2.93. The summed E-state index contributed by atoms with van der Waals surface area (Å²) in [6.45, 7) is 7.29. The Bertz CT molecular complexity index is 364. The van der Waals surface area contributed by atoms with Crippen molar-refractivity contribution in [1.82, 2.24) is 9.97 Å². The third-order valence-corrected chi connectivity index (χ3v) is 2.48. The Morgan fingerprint density at radius 2 is 1.94 bits per heavy atom. The van der Waals surface area contributed by atoms with Gasteiger partial charge < -0.3 is 15.8 Å². The molecule has 1 atom stereocenters. The number of nitrogens with zero attached hydrogens (tertiary/aromatic N) is 2. The highest BCUT2D eigenvalue weighted by Gasteiger charge is 2.24. The normalized spacial score (nSPS) is 13.4. The quantitative estimate of drug-likeness (QED) is 0.443. The molecule has 16 heavy (non-hydrogen) atoms. The monoisotopic (exact) mass is 225 g/mol. The molecular formula is C10H19N5O. The SMILES string of the molecule is Cc1nc(NN)cc(NC(C)(C)C(C)O)n1. The minimum Gasteiger partial charge on any atom is -0.391 e. The van der Waals surface area contributed by atoms with Gasteiger partial charge in [-0.1, -0.05) is 0 Å². The minimum absolute atomic E-state index is 0.466.